The van der Waals surface area contributed by atoms with Crippen molar-refractivity contribution < 1.29 is 14.4 Å². The van der Waals surface area contributed by atoms with E-state index in [-0.39, 0.29) is 0 Å². The lowest BCUT2D eigenvalue weighted by molar-refractivity contribution is -0.908. The molecule has 0 aliphatic carbocycles. The SMILES string of the molecule is c1ccc2c(c1)N[C@@H](C[NH+]1CCOCC1)CO2. The molecular formula is C13H19N2O2+. The molecule has 1 aromatic carbocycles. The molecule has 2 aliphatic heterocycles. The van der Waals surface area contributed by atoms with Gasteiger partial charge in [-0.15, -0.1) is 0 Å². The number of hydrogen-bond donors (Lipinski definition) is 2. The van der Waals surface area contributed by atoms with Crippen molar-refractivity contribution in [2.24, 2.45) is 0 Å². The molecule has 2 N–H and O–H groups in total. The number of rotatable bonds is 2. The van der Waals surface area contributed by atoms with Crippen LogP contribution in [0.1, 0.15) is 0 Å². The van der Waals surface area contributed by atoms with Crippen LogP contribution in [-0.2, 0) is 4.74 Å². The molecule has 2 aliphatic rings. The van der Waals surface area contributed by atoms with Crippen molar-refractivity contribution in [3.05, 3.63) is 24.3 Å². The van der Waals surface area contributed by atoms with Gasteiger partial charge in [-0.1, -0.05) is 12.1 Å². The Kier molecular flexibility index (Phi) is 3.16. The van der Waals surface area contributed by atoms with E-state index >= 15 is 0 Å². The number of morpholine rings is 1. The first-order valence-corrected chi connectivity index (χ1v) is 6.31. The highest BCUT2D eigenvalue weighted by molar-refractivity contribution is 5.58. The van der Waals surface area contributed by atoms with E-state index in [2.05, 4.69) is 11.4 Å². The Labute approximate surface area is 102 Å². The van der Waals surface area contributed by atoms with Crippen molar-refractivity contribution in [3.63, 3.8) is 0 Å². The summed E-state index contributed by atoms with van der Waals surface area (Å²) < 4.78 is 11.1. The van der Waals surface area contributed by atoms with E-state index in [0.29, 0.717) is 6.04 Å². The molecule has 4 nitrogen and oxygen atoms in total. The van der Waals surface area contributed by atoms with Crippen molar-refractivity contribution in [2.75, 3.05) is 44.8 Å². The second-order valence-electron chi connectivity index (χ2n) is 4.71. The normalized spacial score (nSPS) is 24.6. The number of hydrogen-bond acceptors (Lipinski definition) is 3. The summed E-state index contributed by atoms with van der Waals surface area (Å²) in [4.78, 5) is 1.61. The number of benzene rings is 1. The fourth-order valence-corrected chi connectivity index (χ4v) is 2.49. The second-order valence-corrected chi connectivity index (χ2v) is 4.71. The molecule has 1 fully saturated rings. The van der Waals surface area contributed by atoms with Gasteiger partial charge in [0.25, 0.3) is 0 Å². The van der Waals surface area contributed by atoms with E-state index < -0.39 is 0 Å². The largest absolute Gasteiger partial charge is 0.489 e. The number of ether oxygens (including phenoxy) is 2. The molecule has 0 amide bonds. The van der Waals surface area contributed by atoms with Gasteiger partial charge in [-0.3, -0.25) is 0 Å². The molecule has 0 saturated carbocycles. The molecule has 0 spiro atoms. The summed E-state index contributed by atoms with van der Waals surface area (Å²) >= 11 is 0. The Morgan fingerprint density at radius 2 is 2.06 bits per heavy atom. The summed E-state index contributed by atoms with van der Waals surface area (Å²) in [6.07, 6.45) is 0. The summed E-state index contributed by atoms with van der Waals surface area (Å²) in [5.41, 5.74) is 1.12. The molecular weight excluding hydrogens is 216 g/mol. The highest BCUT2D eigenvalue weighted by atomic mass is 16.5. The highest BCUT2D eigenvalue weighted by Gasteiger charge is 2.24. The van der Waals surface area contributed by atoms with Crippen LogP contribution in [-0.4, -0.2) is 45.5 Å². The Bertz CT molecular complexity index is 377. The molecule has 0 bridgehead atoms. The first-order chi connectivity index (χ1) is 8.42. The van der Waals surface area contributed by atoms with Gasteiger partial charge >= 0.3 is 0 Å². The van der Waals surface area contributed by atoms with Crippen LogP contribution in [0.4, 0.5) is 5.69 Å². The smallest absolute Gasteiger partial charge is 0.142 e. The zero-order valence-electron chi connectivity index (χ0n) is 9.95. The maximum absolute atomic E-state index is 5.77. The number of quaternary nitrogens is 1. The maximum Gasteiger partial charge on any atom is 0.142 e. The van der Waals surface area contributed by atoms with Crippen molar-refractivity contribution in [1.29, 1.82) is 0 Å². The van der Waals surface area contributed by atoms with Gasteiger partial charge in [0.15, 0.2) is 0 Å². The zero-order chi connectivity index (χ0) is 11.5. The first kappa shape index (κ1) is 10.9. The van der Waals surface area contributed by atoms with Gasteiger partial charge in [-0.2, -0.15) is 0 Å². The van der Waals surface area contributed by atoms with Crippen molar-refractivity contribution >= 4 is 5.69 Å². The minimum atomic E-state index is 0.415. The first-order valence-electron chi connectivity index (χ1n) is 6.31. The van der Waals surface area contributed by atoms with Gasteiger partial charge in [0.1, 0.15) is 38.0 Å². The van der Waals surface area contributed by atoms with E-state index in [1.165, 1.54) is 0 Å². The molecule has 0 aromatic heterocycles. The third-order valence-electron chi connectivity index (χ3n) is 3.42. The molecule has 1 saturated heterocycles. The van der Waals surface area contributed by atoms with Crippen LogP contribution in [0.2, 0.25) is 0 Å². The predicted octanol–water partition coefficient (Wildman–Crippen LogP) is -0.225. The number of para-hydroxylation sites is 2. The Balaban J connectivity index is 1.60. The van der Waals surface area contributed by atoms with Gasteiger partial charge < -0.3 is 19.7 Å². The van der Waals surface area contributed by atoms with E-state index in [9.17, 15) is 0 Å². The van der Waals surface area contributed by atoms with Gasteiger partial charge in [-0.05, 0) is 12.1 Å². The Morgan fingerprint density at radius 1 is 1.24 bits per heavy atom. The summed E-state index contributed by atoms with van der Waals surface area (Å²) in [6.45, 7) is 5.87. The van der Waals surface area contributed by atoms with Gasteiger partial charge in [-0.25, -0.2) is 0 Å². The quantitative estimate of drug-likeness (QED) is 0.743. The van der Waals surface area contributed by atoms with Crippen molar-refractivity contribution in [1.82, 2.24) is 0 Å². The monoisotopic (exact) mass is 235 g/mol. The van der Waals surface area contributed by atoms with E-state index in [1.54, 1.807) is 4.90 Å². The molecule has 2 heterocycles. The topological polar surface area (TPSA) is 34.9 Å². The number of fused-ring (bicyclic) bond motifs is 1. The van der Waals surface area contributed by atoms with Crippen LogP contribution in [0.3, 0.4) is 0 Å². The lowest BCUT2D eigenvalue weighted by atomic mass is 10.2. The average molecular weight is 235 g/mol. The summed E-state index contributed by atoms with van der Waals surface area (Å²) in [6, 6.07) is 8.56. The fourth-order valence-electron chi connectivity index (χ4n) is 2.49. The lowest BCUT2D eigenvalue weighted by Gasteiger charge is -2.31. The molecule has 92 valence electrons. The van der Waals surface area contributed by atoms with Crippen LogP contribution < -0.4 is 15.0 Å². The molecule has 1 atom stereocenters. The molecule has 0 radical (unpaired) electrons. The summed E-state index contributed by atoms with van der Waals surface area (Å²) in [5, 5.41) is 3.56. The average Bonchev–Trinajstić information content (AvgIpc) is 2.40. The van der Waals surface area contributed by atoms with Crippen molar-refractivity contribution in [3.8, 4) is 5.75 Å². The predicted molar refractivity (Wildman–Crippen MR) is 65.7 cm³/mol. The fraction of sp³-hybridized carbons (Fsp3) is 0.538. The molecule has 3 rings (SSSR count). The van der Waals surface area contributed by atoms with Gasteiger partial charge in [0.2, 0.25) is 0 Å². The molecule has 17 heavy (non-hydrogen) atoms. The minimum Gasteiger partial charge on any atom is -0.489 e. The molecule has 1 aromatic rings. The van der Waals surface area contributed by atoms with Crippen LogP contribution in [0, 0.1) is 0 Å². The standard InChI is InChI=1S/C13H18N2O2/c1-2-4-13-12(3-1)14-11(10-17-13)9-15-5-7-16-8-6-15/h1-4,11,14H,5-10H2/p+1/t11-/m0/s1. The molecule has 4 heteroatoms. The Hall–Kier alpha value is -1.26. The van der Waals surface area contributed by atoms with Crippen molar-refractivity contribution in [2.45, 2.75) is 6.04 Å². The van der Waals surface area contributed by atoms with E-state index in [1.807, 2.05) is 18.2 Å². The third-order valence-corrected chi connectivity index (χ3v) is 3.42. The van der Waals surface area contributed by atoms with Crippen LogP contribution in [0.15, 0.2) is 24.3 Å². The second kappa shape index (κ2) is 4.94. The highest BCUT2D eigenvalue weighted by Crippen LogP contribution is 2.27. The zero-order valence-corrected chi connectivity index (χ0v) is 9.95. The lowest BCUT2D eigenvalue weighted by Crippen LogP contribution is -3.15. The van der Waals surface area contributed by atoms with Crippen LogP contribution in [0.25, 0.3) is 0 Å². The summed E-state index contributed by atoms with van der Waals surface area (Å²) in [7, 11) is 0. The van der Waals surface area contributed by atoms with E-state index in [4.69, 9.17) is 9.47 Å². The number of anilines is 1. The van der Waals surface area contributed by atoms with E-state index in [0.717, 1.165) is 50.9 Å². The number of nitrogens with one attached hydrogen (secondary N) is 2. The summed E-state index contributed by atoms with van der Waals surface area (Å²) in [5.74, 6) is 0.973. The van der Waals surface area contributed by atoms with Crippen LogP contribution >= 0.6 is 0 Å². The van der Waals surface area contributed by atoms with Crippen LogP contribution in [0.5, 0.6) is 5.75 Å². The van der Waals surface area contributed by atoms with Gasteiger partial charge in [0, 0.05) is 0 Å². The maximum atomic E-state index is 5.77. The molecule has 0 unspecified atom stereocenters. The Morgan fingerprint density at radius 3 is 2.94 bits per heavy atom. The minimum absolute atomic E-state index is 0.415. The third kappa shape index (κ3) is 2.53. The van der Waals surface area contributed by atoms with Gasteiger partial charge in [0.05, 0.1) is 18.9 Å².